The number of amides is 3. The molecule has 0 spiro atoms. The van der Waals surface area contributed by atoms with E-state index in [9.17, 15) is 33.8 Å². The van der Waals surface area contributed by atoms with Crippen LogP contribution in [0.15, 0.2) is 60.8 Å². The lowest BCUT2D eigenvalue weighted by Gasteiger charge is -2.41. The van der Waals surface area contributed by atoms with Gasteiger partial charge in [-0.3, -0.25) is 14.4 Å². The highest BCUT2D eigenvalue weighted by Gasteiger charge is 2.39. The molecule has 1 fully saturated rings. The van der Waals surface area contributed by atoms with Crippen LogP contribution in [0.4, 0.5) is 13.6 Å². The van der Waals surface area contributed by atoms with Gasteiger partial charge in [0.05, 0.1) is 18.6 Å². The molecule has 1 saturated carbocycles. The summed E-state index contributed by atoms with van der Waals surface area (Å²) in [4.78, 5) is 53.5. The number of hydrogen-bond donors (Lipinski definition) is 4. The average molecular weight is 769 g/mol. The van der Waals surface area contributed by atoms with E-state index in [-0.39, 0.29) is 31.6 Å². The first-order chi connectivity index (χ1) is 25.4. The molecular weight excluding hydrogens is 715 g/mol. The maximum Gasteiger partial charge on any atom is 0.407 e. The predicted octanol–water partition coefficient (Wildman–Crippen LogP) is 6.58. The number of carbonyl (C=O) groups is 4. The van der Waals surface area contributed by atoms with Crippen LogP contribution in [0, 0.1) is 23.0 Å². The number of benzene rings is 2. The number of carboxylic acids is 1. The van der Waals surface area contributed by atoms with Crippen molar-refractivity contribution in [3.63, 3.8) is 0 Å². The number of alkyl carbamates (subject to hydrolysis) is 1. The SMILES string of the molecule is CC(C)(C)C(c1cc(-c2cc(F)ccc2F)cn1Cc1ccccc1)N(CCC(NC(=O)OCC[Si](C)(C)C)C(=O)N[C@H]1CC[C@@H](C(=O)O)C1)C(=O)CO. The molecule has 0 saturated heterocycles. The number of nitrogens with zero attached hydrogens (tertiary/aromatic N) is 2. The lowest BCUT2D eigenvalue weighted by atomic mass is 9.82. The van der Waals surface area contributed by atoms with Gasteiger partial charge in [-0.1, -0.05) is 70.7 Å². The Morgan fingerprint density at radius 3 is 2.35 bits per heavy atom. The third kappa shape index (κ3) is 11.7. The van der Waals surface area contributed by atoms with Crippen molar-refractivity contribution < 1.29 is 42.9 Å². The van der Waals surface area contributed by atoms with E-state index >= 15 is 4.39 Å². The van der Waals surface area contributed by atoms with Crippen LogP contribution in [0.2, 0.25) is 25.7 Å². The van der Waals surface area contributed by atoms with E-state index in [1.807, 2.05) is 55.7 Å². The molecule has 4 rings (SSSR count). The van der Waals surface area contributed by atoms with Crippen LogP contribution in [-0.4, -0.2) is 83.5 Å². The third-order valence-corrected chi connectivity index (χ3v) is 11.4. The van der Waals surface area contributed by atoms with Crippen molar-refractivity contribution in [2.75, 3.05) is 19.8 Å². The van der Waals surface area contributed by atoms with Gasteiger partial charge in [0.1, 0.15) is 24.3 Å². The monoisotopic (exact) mass is 768 g/mol. The van der Waals surface area contributed by atoms with Crippen molar-refractivity contribution in [2.24, 2.45) is 11.3 Å². The Labute approximate surface area is 317 Å². The Bertz CT molecular complexity index is 1770. The second-order valence-corrected chi connectivity index (χ2v) is 22.0. The Kier molecular flexibility index (Phi) is 14.2. The van der Waals surface area contributed by atoms with Gasteiger partial charge in [0.25, 0.3) is 0 Å². The number of rotatable bonds is 16. The molecule has 4 atom stereocenters. The van der Waals surface area contributed by atoms with Crippen molar-refractivity contribution in [3.05, 3.63) is 83.7 Å². The van der Waals surface area contributed by atoms with Gasteiger partial charge in [0.2, 0.25) is 11.8 Å². The molecule has 1 aliphatic rings. The predicted molar refractivity (Wildman–Crippen MR) is 204 cm³/mol. The zero-order valence-electron chi connectivity index (χ0n) is 32.0. The molecule has 0 radical (unpaired) electrons. The number of carbonyl (C=O) groups excluding carboxylic acids is 3. The first-order valence-corrected chi connectivity index (χ1v) is 22.1. The molecule has 11 nitrogen and oxygen atoms in total. The Morgan fingerprint density at radius 2 is 1.74 bits per heavy atom. The van der Waals surface area contributed by atoms with Gasteiger partial charge in [-0.05, 0) is 67.0 Å². The maximum absolute atomic E-state index is 15.1. The maximum atomic E-state index is 15.1. The molecule has 1 heterocycles. The first kappa shape index (κ1) is 42.2. The second-order valence-electron chi connectivity index (χ2n) is 16.4. The number of carboxylic acid groups (broad SMARTS) is 1. The lowest BCUT2D eigenvalue weighted by Crippen LogP contribution is -2.52. The van der Waals surface area contributed by atoms with E-state index in [4.69, 9.17) is 4.74 Å². The van der Waals surface area contributed by atoms with Gasteiger partial charge >= 0.3 is 12.1 Å². The van der Waals surface area contributed by atoms with E-state index in [2.05, 4.69) is 30.3 Å². The Morgan fingerprint density at radius 1 is 1.04 bits per heavy atom. The minimum absolute atomic E-state index is 0.0429. The largest absolute Gasteiger partial charge is 0.481 e. The molecule has 14 heteroatoms. The third-order valence-electron chi connectivity index (χ3n) is 9.71. The van der Waals surface area contributed by atoms with Gasteiger partial charge in [0.15, 0.2) is 0 Å². The van der Waals surface area contributed by atoms with Gasteiger partial charge < -0.3 is 35.1 Å². The van der Waals surface area contributed by atoms with Crippen molar-refractivity contribution in [3.8, 4) is 11.1 Å². The lowest BCUT2D eigenvalue weighted by molar-refractivity contribution is -0.141. The highest BCUT2D eigenvalue weighted by Crippen LogP contribution is 2.41. The van der Waals surface area contributed by atoms with Crippen molar-refractivity contribution in [1.82, 2.24) is 20.1 Å². The van der Waals surface area contributed by atoms with E-state index in [1.54, 1.807) is 12.3 Å². The fourth-order valence-corrected chi connectivity index (χ4v) is 7.62. The Balaban J connectivity index is 1.70. The average Bonchev–Trinajstić information content (AvgIpc) is 3.73. The van der Waals surface area contributed by atoms with Crippen LogP contribution in [0.3, 0.4) is 0 Å². The number of nitrogens with one attached hydrogen (secondary N) is 2. The minimum Gasteiger partial charge on any atom is -0.481 e. The van der Waals surface area contributed by atoms with Gasteiger partial charge in [-0.2, -0.15) is 0 Å². The highest BCUT2D eigenvalue weighted by molar-refractivity contribution is 6.76. The van der Waals surface area contributed by atoms with E-state index in [0.29, 0.717) is 36.7 Å². The summed E-state index contributed by atoms with van der Waals surface area (Å²) < 4.78 is 36.9. The van der Waals surface area contributed by atoms with Crippen LogP contribution in [0.25, 0.3) is 11.1 Å². The van der Waals surface area contributed by atoms with Crippen molar-refractivity contribution in [1.29, 1.82) is 0 Å². The fraction of sp³-hybridized carbons (Fsp3) is 0.500. The molecule has 54 heavy (non-hydrogen) atoms. The van der Waals surface area contributed by atoms with Gasteiger partial charge in [-0.15, -0.1) is 0 Å². The quantitative estimate of drug-likeness (QED) is 0.120. The number of hydrogen-bond acceptors (Lipinski definition) is 6. The zero-order valence-corrected chi connectivity index (χ0v) is 33.0. The topological polar surface area (TPSA) is 150 Å². The second kappa shape index (κ2) is 18.2. The smallest absolute Gasteiger partial charge is 0.407 e. The number of aliphatic hydroxyl groups excluding tert-OH is 1. The van der Waals surface area contributed by atoms with Crippen LogP contribution >= 0.6 is 0 Å². The van der Waals surface area contributed by atoms with Crippen molar-refractivity contribution in [2.45, 2.75) is 96.8 Å². The van der Waals surface area contributed by atoms with E-state index < -0.39 is 79.7 Å². The summed E-state index contributed by atoms with van der Waals surface area (Å²) in [5, 5.41) is 25.3. The summed E-state index contributed by atoms with van der Waals surface area (Å²) in [5.74, 6) is -3.94. The van der Waals surface area contributed by atoms with Gasteiger partial charge in [0, 0.05) is 50.2 Å². The molecule has 2 unspecified atom stereocenters. The molecule has 294 valence electrons. The molecular formula is C40H54F2N4O7Si. The van der Waals surface area contributed by atoms with E-state index in [0.717, 1.165) is 23.8 Å². The summed E-state index contributed by atoms with van der Waals surface area (Å²) in [6.07, 6.45) is 1.96. The molecule has 2 aromatic carbocycles. The van der Waals surface area contributed by atoms with Crippen LogP contribution < -0.4 is 10.6 Å². The molecule has 1 aliphatic carbocycles. The molecule has 0 bridgehead atoms. The van der Waals surface area contributed by atoms with Crippen LogP contribution in [0.1, 0.15) is 63.8 Å². The summed E-state index contributed by atoms with van der Waals surface area (Å²) >= 11 is 0. The molecule has 3 aromatic rings. The van der Waals surface area contributed by atoms with E-state index in [1.165, 1.54) is 4.90 Å². The minimum atomic E-state index is -1.53. The number of aliphatic carboxylic acids is 1. The van der Waals surface area contributed by atoms with Crippen LogP contribution in [0.5, 0.6) is 0 Å². The summed E-state index contributed by atoms with van der Waals surface area (Å²) in [7, 11) is -1.53. The molecule has 4 N–H and O–H groups in total. The molecule has 0 aliphatic heterocycles. The molecule has 1 aromatic heterocycles. The number of aromatic nitrogens is 1. The Hall–Kier alpha value is -4.56. The zero-order chi connectivity index (χ0) is 39.8. The summed E-state index contributed by atoms with van der Waals surface area (Å²) in [6.45, 7) is 11.7. The summed E-state index contributed by atoms with van der Waals surface area (Å²) in [5.41, 5.74) is 1.23. The van der Waals surface area contributed by atoms with Crippen LogP contribution in [-0.2, 0) is 25.7 Å². The molecule has 3 amide bonds. The normalized spacial score (nSPS) is 17.1. The standard InChI is InChI=1S/C40H54F2N4O7Si/c1-40(2,3)36(34-21-28(31-22-29(41)13-15-32(31)42)24-45(34)23-26-10-8-7-9-11-26)46(35(48)25-47)17-16-33(44-39(52)53-18-19-54(4,5)6)37(49)43-30-14-12-27(20-30)38(50)51/h7-11,13,15,21-22,24,27,30,33,36,47H,12,14,16-20,23,25H2,1-6H3,(H,43,49)(H,44,52)(H,50,51)/t27-,30+,33?,36?/m1/s1. The number of ether oxygens (including phenoxy) is 1. The number of aliphatic hydroxyl groups is 1. The van der Waals surface area contributed by atoms with Gasteiger partial charge in [-0.25, -0.2) is 13.6 Å². The van der Waals surface area contributed by atoms with Crippen molar-refractivity contribution >= 4 is 32.0 Å². The first-order valence-electron chi connectivity index (χ1n) is 18.4. The number of halogens is 2. The summed E-state index contributed by atoms with van der Waals surface area (Å²) in [6, 6.07) is 12.8. The highest BCUT2D eigenvalue weighted by atomic mass is 28.3. The fourth-order valence-electron chi connectivity index (χ4n) is 6.91.